The Labute approximate surface area is 164 Å². The van der Waals surface area contributed by atoms with E-state index in [1.807, 2.05) is 60.7 Å². The highest BCUT2D eigenvalue weighted by atomic mass is 16.1. The Hall–Kier alpha value is -3.40. The van der Waals surface area contributed by atoms with Crippen LogP contribution in [0, 0.1) is 0 Å². The molecule has 0 fully saturated rings. The van der Waals surface area contributed by atoms with Crippen molar-refractivity contribution in [1.29, 1.82) is 0 Å². The summed E-state index contributed by atoms with van der Waals surface area (Å²) in [7, 11) is 0. The number of nitrogen functional groups attached to an aromatic ring is 1. The van der Waals surface area contributed by atoms with E-state index in [9.17, 15) is 4.79 Å². The first-order chi connectivity index (χ1) is 13.3. The molecule has 2 N–H and O–H groups in total. The molecule has 1 heterocycles. The zero-order chi connectivity index (χ0) is 19.9. The molecule has 3 aromatic carbocycles. The van der Waals surface area contributed by atoms with Gasteiger partial charge in [0, 0.05) is 5.56 Å². The van der Waals surface area contributed by atoms with Gasteiger partial charge in [-0.2, -0.15) is 0 Å². The summed E-state index contributed by atoms with van der Waals surface area (Å²) in [5.74, 6) is 6.60. The Morgan fingerprint density at radius 1 is 0.821 bits per heavy atom. The standard InChI is InChI=1S/C24H23N3O/c1-24(2,3)19-12-9-17(10-13-19)22-26-21-14-11-18(16-7-5-4-6-8-16)15-20(21)23(28)27(22)25/h4-15H,25H2,1-3H3. The first-order valence-electron chi connectivity index (χ1n) is 9.33. The van der Waals surface area contributed by atoms with E-state index in [2.05, 4.69) is 37.9 Å². The van der Waals surface area contributed by atoms with E-state index in [0.29, 0.717) is 16.7 Å². The van der Waals surface area contributed by atoms with E-state index in [0.717, 1.165) is 21.4 Å². The molecule has 4 nitrogen and oxygen atoms in total. The highest BCUT2D eigenvalue weighted by Crippen LogP contribution is 2.26. The third-order valence-electron chi connectivity index (χ3n) is 5.02. The van der Waals surface area contributed by atoms with Gasteiger partial charge in [0.1, 0.15) is 0 Å². The van der Waals surface area contributed by atoms with E-state index in [-0.39, 0.29) is 11.0 Å². The fourth-order valence-electron chi connectivity index (χ4n) is 3.33. The third kappa shape index (κ3) is 3.18. The summed E-state index contributed by atoms with van der Waals surface area (Å²) >= 11 is 0. The molecular formula is C24H23N3O. The number of nitrogens with two attached hydrogens (primary N) is 1. The van der Waals surface area contributed by atoms with Crippen molar-refractivity contribution < 1.29 is 0 Å². The topological polar surface area (TPSA) is 60.9 Å². The first kappa shape index (κ1) is 18.0. The summed E-state index contributed by atoms with van der Waals surface area (Å²) in [5.41, 5.74) is 4.51. The molecule has 4 heteroatoms. The molecule has 1 aromatic heterocycles. The number of benzene rings is 3. The highest BCUT2D eigenvalue weighted by Gasteiger charge is 2.15. The van der Waals surface area contributed by atoms with Crippen molar-refractivity contribution in [2.24, 2.45) is 0 Å². The molecule has 0 spiro atoms. The van der Waals surface area contributed by atoms with Crippen LogP contribution < -0.4 is 11.4 Å². The molecule has 4 rings (SSSR count). The number of rotatable bonds is 2. The van der Waals surface area contributed by atoms with Gasteiger partial charge >= 0.3 is 0 Å². The summed E-state index contributed by atoms with van der Waals surface area (Å²) in [4.78, 5) is 17.6. The Kier molecular flexibility index (Phi) is 4.27. The van der Waals surface area contributed by atoms with E-state index < -0.39 is 0 Å². The van der Waals surface area contributed by atoms with Crippen LogP contribution in [0.4, 0.5) is 0 Å². The van der Waals surface area contributed by atoms with Gasteiger partial charge in [-0.25, -0.2) is 9.66 Å². The molecule has 0 saturated heterocycles. The molecule has 0 aliphatic heterocycles. The van der Waals surface area contributed by atoms with Crippen molar-refractivity contribution in [1.82, 2.24) is 9.66 Å². The van der Waals surface area contributed by atoms with E-state index in [4.69, 9.17) is 5.84 Å². The normalized spacial score (nSPS) is 11.7. The largest absolute Gasteiger partial charge is 0.334 e. The van der Waals surface area contributed by atoms with Gasteiger partial charge in [-0.05, 0) is 34.2 Å². The van der Waals surface area contributed by atoms with Gasteiger partial charge in [0.15, 0.2) is 5.82 Å². The predicted octanol–water partition coefficient (Wildman–Crippen LogP) is 4.74. The Morgan fingerprint density at radius 2 is 1.46 bits per heavy atom. The number of fused-ring (bicyclic) bond motifs is 1. The SMILES string of the molecule is CC(C)(C)c1ccc(-c2nc3ccc(-c4ccccc4)cc3c(=O)n2N)cc1. The minimum Gasteiger partial charge on any atom is -0.334 e. The van der Waals surface area contributed by atoms with Crippen molar-refractivity contribution >= 4 is 10.9 Å². The van der Waals surface area contributed by atoms with E-state index >= 15 is 0 Å². The van der Waals surface area contributed by atoms with Gasteiger partial charge < -0.3 is 5.84 Å². The Bertz CT molecular complexity index is 1200. The van der Waals surface area contributed by atoms with Gasteiger partial charge in [-0.1, -0.05) is 81.4 Å². The van der Waals surface area contributed by atoms with E-state index in [1.165, 1.54) is 5.56 Å². The number of hydrogen-bond acceptors (Lipinski definition) is 3. The van der Waals surface area contributed by atoms with Crippen LogP contribution in [0.3, 0.4) is 0 Å². The van der Waals surface area contributed by atoms with Gasteiger partial charge in [-0.3, -0.25) is 4.79 Å². The molecule has 0 unspecified atom stereocenters. The molecule has 0 bridgehead atoms. The quantitative estimate of drug-likeness (QED) is 0.519. The van der Waals surface area contributed by atoms with Gasteiger partial charge in [-0.15, -0.1) is 0 Å². The molecular weight excluding hydrogens is 346 g/mol. The first-order valence-corrected chi connectivity index (χ1v) is 9.33. The van der Waals surface area contributed by atoms with Crippen molar-refractivity contribution in [3.8, 4) is 22.5 Å². The Morgan fingerprint density at radius 3 is 2.11 bits per heavy atom. The molecule has 140 valence electrons. The zero-order valence-electron chi connectivity index (χ0n) is 16.3. The molecule has 0 saturated carbocycles. The van der Waals surface area contributed by atoms with Crippen molar-refractivity contribution in [3.05, 3.63) is 88.7 Å². The fourth-order valence-corrected chi connectivity index (χ4v) is 3.33. The van der Waals surface area contributed by atoms with Gasteiger partial charge in [0.2, 0.25) is 0 Å². The Balaban J connectivity index is 1.84. The predicted molar refractivity (Wildman–Crippen MR) is 116 cm³/mol. The number of hydrogen-bond donors (Lipinski definition) is 1. The van der Waals surface area contributed by atoms with Gasteiger partial charge in [0.05, 0.1) is 10.9 Å². The van der Waals surface area contributed by atoms with Crippen LogP contribution in [0.5, 0.6) is 0 Å². The lowest BCUT2D eigenvalue weighted by atomic mass is 9.86. The number of nitrogens with zero attached hydrogens (tertiary/aromatic N) is 2. The second kappa shape index (κ2) is 6.64. The van der Waals surface area contributed by atoms with Crippen LogP contribution in [0.25, 0.3) is 33.4 Å². The highest BCUT2D eigenvalue weighted by molar-refractivity contribution is 5.85. The fraction of sp³-hybridized carbons (Fsp3) is 0.167. The average molecular weight is 369 g/mol. The summed E-state index contributed by atoms with van der Waals surface area (Å²) in [6.45, 7) is 6.50. The average Bonchev–Trinajstić information content (AvgIpc) is 2.70. The van der Waals surface area contributed by atoms with Crippen LogP contribution in [0.2, 0.25) is 0 Å². The second-order valence-corrected chi connectivity index (χ2v) is 8.04. The van der Waals surface area contributed by atoms with Crippen LogP contribution in [0.15, 0.2) is 77.6 Å². The molecule has 0 atom stereocenters. The lowest BCUT2D eigenvalue weighted by molar-refractivity contribution is 0.590. The summed E-state index contributed by atoms with van der Waals surface area (Å²) in [5, 5.41) is 0.513. The molecule has 28 heavy (non-hydrogen) atoms. The maximum Gasteiger partial charge on any atom is 0.280 e. The lowest BCUT2D eigenvalue weighted by Gasteiger charge is -2.19. The minimum atomic E-state index is -0.252. The zero-order valence-corrected chi connectivity index (χ0v) is 16.3. The van der Waals surface area contributed by atoms with Crippen LogP contribution in [-0.4, -0.2) is 9.66 Å². The smallest absolute Gasteiger partial charge is 0.280 e. The van der Waals surface area contributed by atoms with Gasteiger partial charge in [0.25, 0.3) is 5.56 Å². The van der Waals surface area contributed by atoms with Crippen LogP contribution in [-0.2, 0) is 5.41 Å². The molecule has 0 amide bonds. The molecule has 0 radical (unpaired) electrons. The summed E-state index contributed by atoms with van der Waals surface area (Å²) in [6.07, 6.45) is 0. The van der Waals surface area contributed by atoms with Crippen LogP contribution >= 0.6 is 0 Å². The third-order valence-corrected chi connectivity index (χ3v) is 5.02. The van der Waals surface area contributed by atoms with Crippen LogP contribution in [0.1, 0.15) is 26.3 Å². The second-order valence-electron chi connectivity index (χ2n) is 8.04. The summed E-state index contributed by atoms with van der Waals surface area (Å²) in [6, 6.07) is 23.7. The van der Waals surface area contributed by atoms with Crippen molar-refractivity contribution in [3.63, 3.8) is 0 Å². The van der Waals surface area contributed by atoms with E-state index in [1.54, 1.807) is 0 Å². The maximum atomic E-state index is 12.9. The minimum absolute atomic E-state index is 0.0611. The molecule has 0 aliphatic rings. The molecule has 0 aliphatic carbocycles. The van der Waals surface area contributed by atoms with Crippen molar-refractivity contribution in [2.45, 2.75) is 26.2 Å². The van der Waals surface area contributed by atoms with Crippen molar-refractivity contribution in [2.75, 3.05) is 5.84 Å². The monoisotopic (exact) mass is 369 g/mol. The lowest BCUT2D eigenvalue weighted by Crippen LogP contribution is -2.30. The number of aromatic nitrogens is 2. The summed E-state index contributed by atoms with van der Waals surface area (Å²) < 4.78 is 1.14. The molecule has 4 aromatic rings. The maximum absolute atomic E-state index is 12.9.